The molecule has 1 amide bonds. The van der Waals surface area contributed by atoms with Gasteiger partial charge >= 0.3 is 6.09 Å². The van der Waals surface area contributed by atoms with Crippen molar-refractivity contribution in [1.29, 1.82) is 0 Å². The van der Waals surface area contributed by atoms with Crippen LogP contribution in [0, 0.1) is 5.92 Å². The van der Waals surface area contributed by atoms with Gasteiger partial charge in [0.05, 0.1) is 15.4 Å². The summed E-state index contributed by atoms with van der Waals surface area (Å²) in [7, 11) is -0.303. The highest BCUT2D eigenvalue weighted by molar-refractivity contribution is 5.74. The number of ether oxygens (including phenoxy) is 2. The van der Waals surface area contributed by atoms with E-state index < -0.39 is 24.3 Å². The molecule has 1 aliphatic heterocycles. The Hall–Kier alpha value is -1.10. The largest absolute Gasteiger partial charge is 0.444 e. The Labute approximate surface area is 105 Å². The number of rotatable bonds is 3. The van der Waals surface area contributed by atoms with Crippen molar-refractivity contribution >= 4 is 12.4 Å². The minimum atomic E-state index is -0.896. The van der Waals surface area contributed by atoms with E-state index in [-0.39, 0.29) is 19.5 Å². The maximum absolute atomic E-state index is 12.0. The summed E-state index contributed by atoms with van der Waals surface area (Å²) in [5.41, 5.74) is -0.624. The zero-order chi connectivity index (χ0) is 14.6. The predicted octanol–water partition coefficient (Wildman–Crippen LogP) is 1.46. The maximum Gasteiger partial charge on any atom is 0.410 e. The Morgan fingerprint density at radius 3 is 2.88 bits per heavy atom. The number of likely N-dealkylation sites (tertiary alicyclic amines) is 1. The van der Waals surface area contributed by atoms with Gasteiger partial charge in [0.15, 0.2) is 0 Å². The summed E-state index contributed by atoms with van der Waals surface area (Å²) in [5, 5.41) is 0. The van der Waals surface area contributed by atoms with Crippen molar-refractivity contribution in [2.24, 2.45) is 5.92 Å². The summed E-state index contributed by atoms with van der Waals surface area (Å²) in [6.45, 7) is 4.61. The van der Waals surface area contributed by atoms with Crippen LogP contribution in [0.3, 0.4) is 0 Å². The molecule has 0 radical (unpaired) electrons. The molecule has 1 rings (SSSR count). The third kappa shape index (κ3) is 4.00. The first-order valence-corrected chi connectivity index (χ1v) is 5.56. The van der Waals surface area contributed by atoms with Crippen LogP contribution in [0.2, 0.25) is 0 Å². The molecule has 0 saturated carbocycles. The second-order valence-electron chi connectivity index (χ2n) is 5.13. The number of nitrogens with zero attached hydrogens (tertiary/aromatic N) is 1. The molecule has 1 saturated heterocycles. The zero-order valence-electron chi connectivity index (χ0n) is 12.5. The van der Waals surface area contributed by atoms with Crippen LogP contribution in [0.25, 0.3) is 0 Å². The fourth-order valence-electron chi connectivity index (χ4n) is 1.79. The van der Waals surface area contributed by atoms with Gasteiger partial charge in [0.2, 0.25) is 0 Å². The van der Waals surface area contributed by atoms with Crippen LogP contribution in [0.5, 0.6) is 0 Å². The molecule has 3 atom stereocenters. The SMILES string of the molecule is [2H]COC([2H])[C@H]1C[C@@H](C=O)N(C(=O)OC(C)(C)C)C1. The van der Waals surface area contributed by atoms with Crippen LogP contribution in [0.15, 0.2) is 0 Å². The van der Waals surface area contributed by atoms with Gasteiger partial charge in [0.25, 0.3) is 0 Å². The van der Waals surface area contributed by atoms with Crippen molar-refractivity contribution in [3.8, 4) is 0 Å². The average molecular weight is 245 g/mol. The topological polar surface area (TPSA) is 55.8 Å². The minimum Gasteiger partial charge on any atom is -0.444 e. The summed E-state index contributed by atoms with van der Waals surface area (Å²) < 4.78 is 24.8. The first kappa shape index (κ1) is 11.0. The molecule has 0 aliphatic carbocycles. The number of hydrogen-bond acceptors (Lipinski definition) is 4. The maximum atomic E-state index is 12.0. The number of aldehydes is 1. The van der Waals surface area contributed by atoms with Gasteiger partial charge in [-0.3, -0.25) is 4.90 Å². The summed E-state index contributed by atoms with van der Waals surface area (Å²) >= 11 is 0. The van der Waals surface area contributed by atoms with E-state index >= 15 is 0 Å². The monoisotopic (exact) mass is 245 g/mol. The molecule has 0 bridgehead atoms. The molecule has 98 valence electrons. The fraction of sp³-hybridized carbons (Fsp3) is 0.833. The summed E-state index contributed by atoms with van der Waals surface area (Å²) in [5.74, 6) is -0.270. The van der Waals surface area contributed by atoms with E-state index in [1.807, 2.05) is 0 Å². The predicted molar refractivity (Wildman–Crippen MR) is 62.8 cm³/mol. The van der Waals surface area contributed by atoms with Crippen molar-refractivity contribution < 1.29 is 21.8 Å². The Morgan fingerprint density at radius 1 is 1.65 bits per heavy atom. The van der Waals surface area contributed by atoms with Gasteiger partial charge in [-0.05, 0) is 27.2 Å². The minimum absolute atomic E-state index is 0.243. The Morgan fingerprint density at radius 2 is 2.35 bits per heavy atom. The molecule has 0 spiro atoms. The number of carbonyl (C=O) groups is 2. The van der Waals surface area contributed by atoms with E-state index in [1.54, 1.807) is 20.8 Å². The lowest BCUT2D eigenvalue weighted by molar-refractivity contribution is -0.111. The van der Waals surface area contributed by atoms with Crippen LogP contribution in [-0.2, 0) is 14.3 Å². The first-order valence-electron chi connectivity index (χ1n) is 6.85. The Balaban J connectivity index is 2.67. The number of methoxy groups -OCH3 is 1. The molecule has 1 fully saturated rings. The highest BCUT2D eigenvalue weighted by Crippen LogP contribution is 2.24. The van der Waals surface area contributed by atoms with E-state index in [1.165, 1.54) is 4.90 Å². The van der Waals surface area contributed by atoms with Gasteiger partial charge in [-0.15, -0.1) is 0 Å². The molecule has 5 nitrogen and oxygen atoms in total. The molecule has 1 aliphatic rings. The van der Waals surface area contributed by atoms with Crippen molar-refractivity contribution in [2.75, 3.05) is 20.2 Å². The van der Waals surface area contributed by atoms with Gasteiger partial charge in [0, 0.05) is 19.5 Å². The van der Waals surface area contributed by atoms with E-state index in [4.69, 9.17) is 12.2 Å². The van der Waals surface area contributed by atoms with Crippen molar-refractivity contribution in [3.63, 3.8) is 0 Å². The molecule has 0 aromatic carbocycles. The lowest BCUT2D eigenvalue weighted by Crippen LogP contribution is -2.40. The molecule has 5 heteroatoms. The number of carbonyl (C=O) groups excluding carboxylic acids is 2. The summed E-state index contributed by atoms with van der Waals surface area (Å²) in [6, 6.07) is -0.581. The molecule has 1 unspecified atom stereocenters. The Kier molecular flexibility index (Phi) is 3.56. The molecular formula is C12H21NO4. The molecular weight excluding hydrogens is 222 g/mol. The molecule has 17 heavy (non-hydrogen) atoms. The van der Waals surface area contributed by atoms with E-state index in [9.17, 15) is 9.59 Å². The van der Waals surface area contributed by atoms with Crippen LogP contribution in [0.1, 0.15) is 29.9 Å². The smallest absolute Gasteiger partial charge is 0.410 e. The summed E-state index contributed by atoms with van der Waals surface area (Å²) in [6.07, 6.45) is 0.513. The van der Waals surface area contributed by atoms with E-state index in [0.29, 0.717) is 12.7 Å². The quantitative estimate of drug-likeness (QED) is 0.706. The molecule has 0 aromatic heterocycles. The van der Waals surface area contributed by atoms with Gasteiger partial charge in [-0.25, -0.2) is 4.79 Å². The molecule has 0 N–H and O–H groups in total. The van der Waals surface area contributed by atoms with Crippen LogP contribution >= 0.6 is 0 Å². The zero-order valence-corrected chi connectivity index (χ0v) is 10.5. The lowest BCUT2D eigenvalue weighted by atomic mass is 10.1. The first-order chi connectivity index (χ1) is 8.78. The fourth-order valence-corrected chi connectivity index (χ4v) is 1.79. The summed E-state index contributed by atoms with van der Waals surface area (Å²) in [4.78, 5) is 24.3. The average Bonchev–Trinajstić information content (AvgIpc) is 2.71. The third-order valence-corrected chi connectivity index (χ3v) is 2.45. The highest BCUT2D eigenvalue weighted by atomic mass is 16.6. The molecule has 1 heterocycles. The second kappa shape index (κ2) is 5.49. The van der Waals surface area contributed by atoms with Crippen molar-refractivity contribution in [3.05, 3.63) is 0 Å². The normalized spacial score (nSPS) is 28.3. The van der Waals surface area contributed by atoms with Crippen molar-refractivity contribution in [1.82, 2.24) is 4.90 Å². The van der Waals surface area contributed by atoms with Gasteiger partial charge in [-0.2, -0.15) is 0 Å². The standard InChI is InChI=1S/C12H21NO4/c1-12(2,3)17-11(15)13-6-9(8-16-4)5-10(13)7-14/h7,9-10H,5-6,8H2,1-4H3/t9-,10-/m0/s1/i4D,8D/t8?,9-,10-. The van der Waals surface area contributed by atoms with Gasteiger partial charge in [0.1, 0.15) is 11.9 Å². The van der Waals surface area contributed by atoms with Gasteiger partial charge < -0.3 is 14.3 Å². The second-order valence-corrected chi connectivity index (χ2v) is 5.13. The molecule has 0 aromatic rings. The van der Waals surface area contributed by atoms with Gasteiger partial charge in [-0.1, -0.05) is 0 Å². The number of hydrogen-bond donors (Lipinski definition) is 0. The van der Waals surface area contributed by atoms with Crippen molar-refractivity contribution in [2.45, 2.75) is 38.8 Å². The van der Waals surface area contributed by atoms with Crippen LogP contribution < -0.4 is 0 Å². The Bertz CT molecular complexity index is 332. The highest BCUT2D eigenvalue weighted by Gasteiger charge is 2.37. The number of amides is 1. The van der Waals surface area contributed by atoms with E-state index in [0.717, 1.165) is 0 Å². The van der Waals surface area contributed by atoms with Crippen LogP contribution in [-0.4, -0.2) is 49.1 Å². The lowest BCUT2D eigenvalue weighted by Gasteiger charge is -2.26. The third-order valence-electron chi connectivity index (χ3n) is 2.45. The van der Waals surface area contributed by atoms with E-state index in [2.05, 4.69) is 0 Å². The van der Waals surface area contributed by atoms with Crippen LogP contribution in [0.4, 0.5) is 4.79 Å².